The van der Waals surface area contributed by atoms with E-state index in [9.17, 15) is 9.59 Å². The van der Waals surface area contributed by atoms with Crippen molar-refractivity contribution in [3.8, 4) is 0 Å². The lowest BCUT2D eigenvalue weighted by atomic mass is 9.79. The fourth-order valence-corrected chi connectivity index (χ4v) is 4.48. The molecule has 2 fully saturated rings. The molecule has 5 heteroatoms. The Morgan fingerprint density at radius 2 is 1.68 bits per heavy atom. The zero-order chi connectivity index (χ0) is 19.8. The zero-order valence-electron chi connectivity index (χ0n) is 17.2. The second kappa shape index (κ2) is 10.5. The molecule has 1 aromatic rings. The van der Waals surface area contributed by atoms with Crippen LogP contribution in [0.2, 0.25) is 0 Å². The van der Waals surface area contributed by atoms with Gasteiger partial charge >= 0.3 is 6.03 Å². The number of amides is 3. The molecule has 3 rings (SSSR count). The van der Waals surface area contributed by atoms with Gasteiger partial charge in [-0.2, -0.15) is 0 Å². The quantitative estimate of drug-likeness (QED) is 0.739. The maximum Gasteiger partial charge on any atom is 0.321 e. The molecule has 1 aliphatic heterocycles. The van der Waals surface area contributed by atoms with E-state index in [-0.39, 0.29) is 23.9 Å². The molecule has 154 valence electrons. The largest absolute Gasteiger partial charge is 0.353 e. The summed E-state index contributed by atoms with van der Waals surface area (Å²) < 4.78 is 0. The number of carbonyl (C=O) groups excluding carboxylic acids is 2. The number of nitrogens with one attached hydrogen (secondary N) is 2. The standard InChI is InChI=1S/C23H35N3O2/c1-2-3-7-18-10-12-19(13-11-18)22(27)24-21-14-16-26(17-15-21)23(28)25-20-8-5-4-6-9-20/h4-6,8-9,18-19,21H,2-3,7,10-17H2,1H3,(H,24,27)(H,25,28). The molecule has 0 bridgehead atoms. The van der Waals surface area contributed by atoms with Gasteiger partial charge in [0.2, 0.25) is 5.91 Å². The minimum atomic E-state index is -0.0543. The zero-order valence-corrected chi connectivity index (χ0v) is 17.2. The lowest BCUT2D eigenvalue weighted by molar-refractivity contribution is -0.127. The Bertz CT molecular complexity index is 618. The summed E-state index contributed by atoms with van der Waals surface area (Å²) in [5, 5.41) is 6.20. The SMILES string of the molecule is CCCCC1CCC(C(=O)NC2CCN(C(=O)Nc3ccccc3)CC2)CC1. The summed E-state index contributed by atoms with van der Waals surface area (Å²) in [6.45, 7) is 3.62. The highest BCUT2D eigenvalue weighted by molar-refractivity contribution is 5.89. The highest BCUT2D eigenvalue weighted by atomic mass is 16.2. The third kappa shape index (κ3) is 5.98. The van der Waals surface area contributed by atoms with Crippen LogP contribution in [-0.4, -0.2) is 36.0 Å². The third-order valence-electron chi connectivity index (χ3n) is 6.34. The number of para-hydroxylation sites is 1. The van der Waals surface area contributed by atoms with Crippen molar-refractivity contribution >= 4 is 17.6 Å². The van der Waals surface area contributed by atoms with Crippen LogP contribution in [0.5, 0.6) is 0 Å². The molecule has 1 heterocycles. The molecule has 2 N–H and O–H groups in total. The first-order chi connectivity index (χ1) is 13.7. The molecule has 0 aromatic heterocycles. The lowest BCUT2D eigenvalue weighted by Gasteiger charge is -2.34. The molecule has 1 saturated carbocycles. The van der Waals surface area contributed by atoms with E-state index in [0.717, 1.165) is 37.3 Å². The van der Waals surface area contributed by atoms with Crippen molar-refractivity contribution in [2.45, 2.75) is 70.8 Å². The predicted molar refractivity (Wildman–Crippen MR) is 113 cm³/mol. The normalized spacial score (nSPS) is 23.2. The highest BCUT2D eigenvalue weighted by Gasteiger charge is 2.29. The minimum Gasteiger partial charge on any atom is -0.353 e. The molecular formula is C23H35N3O2. The van der Waals surface area contributed by atoms with E-state index in [2.05, 4.69) is 17.6 Å². The Labute approximate surface area is 169 Å². The molecule has 0 spiro atoms. The van der Waals surface area contributed by atoms with Crippen LogP contribution in [0.3, 0.4) is 0 Å². The number of benzene rings is 1. The molecular weight excluding hydrogens is 350 g/mol. The van der Waals surface area contributed by atoms with Crippen molar-refractivity contribution < 1.29 is 9.59 Å². The Kier molecular flexibility index (Phi) is 7.75. The summed E-state index contributed by atoms with van der Waals surface area (Å²) in [6, 6.07) is 9.68. The van der Waals surface area contributed by atoms with Gasteiger partial charge in [0.25, 0.3) is 0 Å². The van der Waals surface area contributed by atoms with Crippen molar-refractivity contribution in [2.75, 3.05) is 18.4 Å². The maximum absolute atomic E-state index is 12.6. The van der Waals surface area contributed by atoms with Crippen LogP contribution in [0.1, 0.15) is 64.7 Å². The van der Waals surface area contributed by atoms with Gasteiger partial charge in [0.1, 0.15) is 0 Å². The molecule has 3 amide bonds. The second-order valence-electron chi connectivity index (χ2n) is 8.43. The average Bonchev–Trinajstić information content (AvgIpc) is 2.74. The van der Waals surface area contributed by atoms with Gasteiger partial charge in [0, 0.05) is 30.7 Å². The van der Waals surface area contributed by atoms with Crippen LogP contribution in [0.15, 0.2) is 30.3 Å². The van der Waals surface area contributed by atoms with Gasteiger partial charge in [0.15, 0.2) is 0 Å². The summed E-state index contributed by atoms with van der Waals surface area (Å²) in [7, 11) is 0. The van der Waals surface area contributed by atoms with Crippen LogP contribution in [0.25, 0.3) is 0 Å². The summed E-state index contributed by atoms with van der Waals surface area (Å²) in [6.07, 6.45) is 10.1. The van der Waals surface area contributed by atoms with Crippen molar-refractivity contribution in [3.63, 3.8) is 0 Å². The molecule has 1 saturated heterocycles. The Balaban J connectivity index is 1.36. The molecule has 1 aliphatic carbocycles. The minimum absolute atomic E-state index is 0.0543. The van der Waals surface area contributed by atoms with E-state index in [0.29, 0.717) is 13.1 Å². The smallest absolute Gasteiger partial charge is 0.321 e. The number of unbranched alkanes of at least 4 members (excludes halogenated alkanes) is 1. The molecule has 5 nitrogen and oxygen atoms in total. The van der Waals surface area contributed by atoms with Crippen LogP contribution >= 0.6 is 0 Å². The molecule has 1 aromatic carbocycles. The van der Waals surface area contributed by atoms with Crippen LogP contribution in [-0.2, 0) is 4.79 Å². The van der Waals surface area contributed by atoms with Crippen LogP contribution in [0.4, 0.5) is 10.5 Å². The topological polar surface area (TPSA) is 61.4 Å². The van der Waals surface area contributed by atoms with Crippen molar-refractivity contribution in [1.82, 2.24) is 10.2 Å². The number of hydrogen-bond acceptors (Lipinski definition) is 2. The summed E-state index contributed by atoms with van der Waals surface area (Å²) in [4.78, 5) is 26.9. The van der Waals surface area contributed by atoms with Gasteiger partial charge in [-0.3, -0.25) is 4.79 Å². The van der Waals surface area contributed by atoms with E-state index < -0.39 is 0 Å². The molecule has 0 unspecified atom stereocenters. The first-order valence-corrected chi connectivity index (χ1v) is 11.1. The van der Waals surface area contributed by atoms with E-state index in [1.165, 1.54) is 32.1 Å². The van der Waals surface area contributed by atoms with E-state index in [1.807, 2.05) is 35.2 Å². The molecule has 0 radical (unpaired) electrons. The third-order valence-corrected chi connectivity index (χ3v) is 6.34. The van der Waals surface area contributed by atoms with E-state index >= 15 is 0 Å². The molecule has 2 aliphatic rings. The first kappa shape index (κ1) is 20.7. The van der Waals surface area contributed by atoms with Gasteiger partial charge in [-0.25, -0.2) is 4.79 Å². The Morgan fingerprint density at radius 3 is 2.32 bits per heavy atom. The van der Waals surface area contributed by atoms with Crippen molar-refractivity contribution in [1.29, 1.82) is 0 Å². The van der Waals surface area contributed by atoms with Gasteiger partial charge in [-0.15, -0.1) is 0 Å². The van der Waals surface area contributed by atoms with Crippen molar-refractivity contribution in [2.24, 2.45) is 11.8 Å². The number of carbonyl (C=O) groups is 2. The number of piperidine rings is 1. The molecule has 28 heavy (non-hydrogen) atoms. The molecule has 0 atom stereocenters. The van der Waals surface area contributed by atoms with Crippen LogP contribution in [0, 0.1) is 11.8 Å². The lowest BCUT2D eigenvalue weighted by Crippen LogP contribution is -2.49. The van der Waals surface area contributed by atoms with Crippen LogP contribution < -0.4 is 10.6 Å². The first-order valence-electron chi connectivity index (χ1n) is 11.1. The monoisotopic (exact) mass is 385 g/mol. The van der Waals surface area contributed by atoms with Gasteiger partial charge in [-0.1, -0.05) is 44.4 Å². The van der Waals surface area contributed by atoms with Gasteiger partial charge in [0.05, 0.1) is 0 Å². The van der Waals surface area contributed by atoms with Crippen molar-refractivity contribution in [3.05, 3.63) is 30.3 Å². The predicted octanol–water partition coefficient (Wildman–Crippen LogP) is 4.80. The number of hydrogen-bond donors (Lipinski definition) is 2. The number of anilines is 1. The number of nitrogens with zero attached hydrogens (tertiary/aromatic N) is 1. The number of likely N-dealkylation sites (tertiary alicyclic amines) is 1. The van der Waals surface area contributed by atoms with Gasteiger partial charge in [-0.05, 0) is 56.6 Å². The maximum atomic E-state index is 12.6. The summed E-state index contributed by atoms with van der Waals surface area (Å²) in [5.41, 5.74) is 0.817. The highest BCUT2D eigenvalue weighted by Crippen LogP contribution is 2.32. The Morgan fingerprint density at radius 1 is 1.00 bits per heavy atom. The fourth-order valence-electron chi connectivity index (χ4n) is 4.48. The summed E-state index contributed by atoms with van der Waals surface area (Å²) >= 11 is 0. The summed E-state index contributed by atoms with van der Waals surface area (Å²) in [5.74, 6) is 1.26. The Hall–Kier alpha value is -2.04. The van der Waals surface area contributed by atoms with E-state index in [4.69, 9.17) is 0 Å². The second-order valence-corrected chi connectivity index (χ2v) is 8.43. The van der Waals surface area contributed by atoms with E-state index in [1.54, 1.807) is 0 Å². The number of rotatable bonds is 6. The fraction of sp³-hybridized carbons (Fsp3) is 0.652. The number of urea groups is 1. The average molecular weight is 386 g/mol. The van der Waals surface area contributed by atoms with Gasteiger partial charge < -0.3 is 15.5 Å².